The fraction of sp³-hybridized carbons (Fsp3) is 0.636. The fourth-order valence-corrected chi connectivity index (χ4v) is 2.31. The van der Waals surface area contributed by atoms with Crippen LogP contribution < -0.4 is 4.90 Å². The Morgan fingerprint density at radius 1 is 1.13 bits per heavy atom. The molecule has 2 saturated heterocycles. The van der Waals surface area contributed by atoms with Gasteiger partial charge in [-0.3, -0.25) is 0 Å². The molecule has 0 N–H and O–H groups in total. The standard InChI is InChI=1S/C11H15N3O/c1-4-12-10(13-5-1)14-6-2-11(3-7-14)8-15-9-11/h1,4-5H,2-3,6-9H2. The van der Waals surface area contributed by atoms with Crippen LogP contribution in [0.1, 0.15) is 12.8 Å². The number of hydrogen-bond acceptors (Lipinski definition) is 4. The first-order valence-corrected chi connectivity index (χ1v) is 5.48. The van der Waals surface area contributed by atoms with Gasteiger partial charge in [0.05, 0.1) is 13.2 Å². The van der Waals surface area contributed by atoms with E-state index in [2.05, 4.69) is 14.9 Å². The van der Waals surface area contributed by atoms with Crippen LogP contribution in [0.2, 0.25) is 0 Å². The number of nitrogens with zero attached hydrogens (tertiary/aromatic N) is 3. The third kappa shape index (κ3) is 1.59. The number of anilines is 1. The van der Waals surface area contributed by atoms with E-state index in [4.69, 9.17) is 4.74 Å². The fourth-order valence-electron chi connectivity index (χ4n) is 2.31. The molecule has 0 unspecified atom stereocenters. The lowest BCUT2D eigenvalue weighted by molar-refractivity contribution is -0.124. The highest BCUT2D eigenvalue weighted by Crippen LogP contribution is 2.38. The molecule has 3 rings (SSSR count). The van der Waals surface area contributed by atoms with Crippen LogP contribution in [-0.2, 0) is 4.74 Å². The van der Waals surface area contributed by atoms with Crippen LogP contribution in [0.15, 0.2) is 18.5 Å². The molecule has 4 nitrogen and oxygen atoms in total. The molecule has 4 heteroatoms. The largest absolute Gasteiger partial charge is 0.380 e. The van der Waals surface area contributed by atoms with Crippen molar-refractivity contribution in [1.29, 1.82) is 0 Å². The molecule has 0 aromatic carbocycles. The van der Waals surface area contributed by atoms with Crippen LogP contribution in [0.25, 0.3) is 0 Å². The Kier molecular flexibility index (Phi) is 2.09. The lowest BCUT2D eigenvalue weighted by Crippen LogP contribution is -2.51. The van der Waals surface area contributed by atoms with Crippen molar-refractivity contribution in [1.82, 2.24) is 9.97 Å². The molecule has 0 amide bonds. The first kappa shape index (κ1) is 9.09. The van der Waals surface area contributed by atoms with Gasteiger partial charge in [-0.2, -0.15) is 0 Å². The molecule has 1 spiro atoms. The van der Waals surface area contributed by atoms with Gasteiger partial charge < -0.3 is 9.64 Å². The van der Waals surface area contributed by atoms with Crippen molar-refractivity contribution in [2.45, 2.75) is 12.8 Å². The minimum Gasteiger partial charge on any atom is -0.380 e. The molecule has 2 fully saturated rings. The Hall–Kier alpha value is -1.16. The van der Waals surface area contributed by atoms with E-state index in [0.717, 1.165) is 32.3 Å². The second kappa shape index (κ2) is 3.45. The molecule has 2 aliphatic heterocycles. The van der Waals surface area contributed by atoms with E-state index in [1.807, 2.05) is 6.07 Å². The summed E-state index contributed by atoms with van der Waals surface area (Å²) in [7, 11) is 0. The maximum Gasteiger partial charge on any atom is 0.225 e. The van der Waals surface area contributed by atoms with E-state index < -0.39 is 0 Å². The molecule has 0 saturated carbocycles. The van der Waals surface area contributed by atoms with E-state index in [1.165, 1.54) is 12.8 Å². The summed E-state index contributed by atoms with van der Waals surface area (Å²) in [5.74, 6) is 0.868. The summed E-state index contributed by atoms with van der Waals surface area (Å²) in [6.07, 6.45) is 6.04. The Morgan fingerprint density at radius 2 is 1.80 bits per heavy atom. The molecule has 0 aliphatic carbocycles. The average molecular weight is 205 g/mol. The van der Waals surface area contributed by atoms with Crippen LogP contribution in [0.5, 0.6) is 0 Å². The zero-order chi connectivity index (χ0) is 10.1. The highest BCUT2D eigenvalue weighted by atomic mass is 16.5. The molecule has 1 aromatic rings. The Balaban J connectivity index is 1.67. The van der Waals surface area contributed by atoms with Gasteiger partial charge in [-0.1, -0.05) is 0 Å². The quantitative estimate of drug-likeness (QED) is 0.688. The van der Waals surface area contributed by atoms with Gasteiger partial charge in [0.25, 0.3) is 0 Å². The Bertz CT molecular complexity index is 327. The van der Waals surface area contributed by atoms with Gasteiger partial charge in [0.2, 0.25) is 5.95 Å². The van der Waals surface area contributed by atoms with Gasteiger partial charge >= 0.3 is 0 Å². The van der Waals surface area contributed by atoms with Crippen molar-refractivity contribution >= 4 is 5.95 Å². The van der Waals surface area contributed by atoms with Crippen molar-refractivity contribution in [3.63, 3.8) is 0 Å². The second-order valence-corrected chi connectivity index (χ2v) is 4.53. The monoisotopic (exact) mass is 205 g/mol. The van der Waals surface area contributed by atoms with Crippen LogP contribution in [-0.4, -0.2) is 36.3 Å². The SMILES string of the molecule is c1cnc(N2CCC3(CC2)COC3)nc1. The van der Waals surface area contributed by atoms with Gasteiger partial charge in [-0.15, -0.1) is 0 Å². The van der Waals surface area contributed by atoms with E-state index in [-0.39, 0.29) is 0 Å². The number of aromatic nitrogens is 2. The number of hydrogen-bond donors (Lipinski definition) is 0. The molecule has 1 aromatic heterocycles. The number of piperidine rings is 1. The molecule has 2 aliphatic rings. The maximum atomic E-state index is 5.31. The van der Waals surface area contributed by atoms with Crippen LogP contribution in [0, 0.1) is 5.41 Å². The van der Waals surface area contributed by atoms with Crippen molar-refractivity contribution in [3.8, 4) is 0 Å². The van der Waals surface area contributed by atoms with E-state index in [0.29, 0.717) is 5.41 Å². The van der Waals surface area contributed by atoms with E-state index >= 15 is 0 Å². The molecule has 0 radical (unpaired) electrons. The summed E-state index contributed by atoms with van der Waals surface area (Å²) >= 11 is 0. The predicted molar refractivity (Wildman–Crippen MR) is 56.7 cm³/mol. The van der Waals surface area contributed by atoms with Crippen LogP contribution in [0.3, 0.4) is 0 Å². The average Bonchev–Trinajstić information content (AvgIpc) is 2.28. The van der Waals surface area contributed by atoms with Crippen molar-refractivity contribution in [3.05, 3.63) is 18.5 Å². The van der Waals surface area contributed by atoms with Gasteiger partial charge in [0, 0.05) is 30.9 Å². The summed E-state index contributed by atoms with van der Waals surface area (Å²) in [5, 5.41) is 0. The maximum absolute atomic E-state index is 5.31. The zero-order valence-corrected chi connectivity index (χ0v) is 8.72. The first-order chi connectivity index (χ1) is 7.38. The minimum atomic E-state index is 0.491. The van der Waals surface area contributed by atoms with Gasteiger partial charge in [-0.25, -0.2) is 9.97 Å². The molecule has 15 heavy (non-hydrogen) atoms. The molecule has 0 bridgehead atoms. The molecule has 80 valence electrons. The van der Waals surface area contributed by atoms with Crippen molar-refractivity contribution in [2.75, 3.05) is 31.2 Å². The summed E-state index contributed by atoms with van der Waals surface area (Å²) < 4.78 is 5.31. The molecule has 3 heterocycles. The van der Waals surface area contributed by atoms with E-state index in [9.17, 15) is 0 Å². The lowest BCUT2D eigenvalue weighted by Gasteiger charge is -2.47. The third-order valence-electron chi connectivity index (χ3n) is 3.48. The molecule has 0 atom stereocenters. The van der Waals surface area contributed by atoms with Crippen LogP contribution >= 0.6 is 0 Å². The van der Waals surface area contributed by atoms with Crippen molar-refractivity contribution < 1.29 is 4.74 Å². The number of ether oxygens (including phenoxy) is 1. The molecular weight excluding hydrogens is 190 g/mol. The van der Waals surface area contributed by atoms with Gasteiger partial charge in [0.1, 0.15) is 0 Å². The lowest BCUT2D eigenvalue weighted by atomic mass is 9.77. The second-order valence-electron chi connectivity index (χ2n) is 4.53. The van der Waals surface area contributed by atoms with Crippen molar-refractivity contribution in [2.24, 2.45) is 5.41 Å². The summed E-state index contributed by atoms with van der Waals surface area (Å²) in [6.45, 7) is 4.04. The summed E-state index contributed by atoms with van der Waals surface area (Å²) in [5.41, 5.74) is 0.491. The minimum absolute atomic E-state index is 0.491. The highest BCUT2D eigenvalue weighted by molar-refractivity contribution is 5.29. The Morgan fingerprint density at radius 3 is 2.33 bits per heavy atom. The van der Waals surface area contributed by atoms with E-state index in [1.54, 1.807) is 12.4 Å². The molecular formula is C11H15N3O. The third-order valence-corrected chi connectivity index (χ3v) is 3.48. The topological polar surface area (TPSA) is 38.2 Å². The Labute approximate surface area is 89.3 Å². The highest BCUT2D eigenvalue weighted by Gasteiger charge is 2.41. The summed E-state index contributed by atoms with van der Waals surface area (Å²) in [6, 6.07) is 1.86. The van der Waals surface area contributed by atoms with Crippen LogP contribution in [0.4, 0.5) is 5.95 Å². The number of rotatable bonds is 1. The normalized spacial score (nSPS) is 23.9. The first-order valence-electron chi connectivity index (χ1n) is 5.48. The smallest absolute Gasteiger partial charge is 0.225 e. The van der Waals surface area contributed by atoms with Gasteiger partial charge in [-0.05, 0) is 18.9 Å². The van der Waals surface area contributed by atoms with Gasteiger partial charge in [0.15, 0.2) is 0 Å². The summed E-state index contributed by atoms with van der Waals surface area (Å²) in [4.78, 5) is 10.8. The predicted octanol–water partition coefficient (Wildman–Crippen LogP) is 1.09. The zero-order valence-electron chi connectivity index (χ0n) is 8.72.